The maximum atomic E-state index is 12.8. The molecule has 0 unspecified atom stereocenters. The number of nitrogens with one attached hydrogen (secondary N) is 1. The highest BCUT2D eigenvalue weighted by Gasteiger charge is 2.27. The van der Waals surface area contributed by atoms with Crippen LogP contribution in [0.15, 0.2) is 41.3 Å². The molecule has 1 aliphatic heterocycles. The lowest BCUT2D eigenvalue weighted by Crippen LogP contribution is -2.43. The van der Waals surface area contributed by atoms with Crippen molar-refractivity contribution in [2.75, 3.05) is 32.2 Å². The molecule has 2 aromatic heterocycles. The number of methoxy groups -OCH3 is 2. The van der Waals surface area contributed by atoms with E-state index in [4.69, 9.17) is 9.47 Å². The zero-order valence-corrected chi connectivity index (χ0v) is 18.5. The molecule has 1 aliphatic rings. The van der Waals surface area contributed by atoms with Gasteiger partial charge in [0.1, 0.15) is 5.52 Å². The van der Waals surface area contributed by atoms with E-state index >= 15 is 0 Å². The highest BCUT2D eigenvalue weighted by molar-refractivity contribution is 5.79. The van der Waals surface area contributed by atoms with E-state index in [1.807, 2.05) is 29.2 Å². The molecule has 4 rings (SSSR count). The van der Waals surface area contributed by atoms with Crippen molar-refractivity contribution < 1.29 is 14.3 Å². The van der Waals surface area contributed by atoms with Gasteiger partial charge in [0.25, 0.3) is 5.56 Å². The van der Waals surface area contributed by atoms with Gasteiger partial charge in [0.15, 0.2) is 23.0 Å². The van der Waals surface area contributed by atoms with Crippen molar-refractivity contribution in [1.29, 1.82) is 0 Å². The van der Waals surface area contributed by atoms with Crippen LogP contribution in [0.25, 0.3) is 11.2 Å². The number of carbonyl (C=O) groups excluding carboxylic acids is 1. The number of benzene rings is 1. The third kappa shape index (κ3) is 4.10. The second-order valence-corrected chi connectivity index (χ2v) is 7.78. The lowest BCUT2D eigenvalue weighted by atomic mass is 9.96. The molecule has 1 N–H and O–H groups in total. The third-order valence-corrected chi connectivity index (χ3v) is 5.91. The van der Waals surface area contributed by atoms with Crippen molar-refractivity contribution in [2.45, 2.75) is 19.4 Å². The summed E-state index contributed by atoms with van der Waals surface area (Å²) in [6, 6.07) is 9.24. The molecule has 0 aliphatic carbocycles. The Labute approximate surface area is 186 Å². The molecule has 3 aromatic rings. The van der Waals surface area contributed by atoms with Crippen LogP contribution in [0, 0.1) is 5.92 Å². The number of ether oxygens (including phenoxy) is 2. The number of para-hydroxylation sites is 1. The van der Waals surface area contributed by atoms with E-state index in [-0.39, 0.29) is 17.4 Å². The first-order chi connectivity index (χ1) is 15.5. The zero-order valence-electron chi connectivity index (χ0n) is 18.5. The minimum absolute atomic E-state index is 0.00176. The van der Waals surface area contributed by atoms with Crippen LogP contribution in [0.4, 0.5) is 5.82 Å². The van der Waals surface area contributed by atoms with Crippen LogP contribution in [0.2, 0.25) is 0 Å². The lowest BCUT2D eigenvalue weighted by molar-refractivity contribution is -0.125. The fourth-order valence-electron chi connectivity index (χ4n) is 4.12. The number of hydrogen-bond donors (Lipinski definition) is 1. The maximum Gasteiger partial charge on any atom is 0.294 e. The number of carbonyl (C=O) groups is 1. The summed E-state index contributed by atoms with van der Waals surface area (Å²) in [6.45, 7) is 1.54. The zero-order chi connectivity index (χ0) is 22.7. The molecule has 9 nitrogen and oxygen atoms in total. The Hall–Kier alpha value is -3.62. The van der Waals surface area contributed by atoms with Crippen LogP contribution in [0.3, 0.4) is 0 Å². The van der Waals surface area contributed by atoms with Gasteiger partial charge in [-0.05, 0) is 31.0 Å². The number of pyridine rings is 1. The first-order valence-corrected chi connectivity index (χ1v) is 10.6. The van der Waals surface area contributed by atoms with E-state index < -0.39 is 0 Å². The SMILES string of the molecule is COc1cccc(CNC(=O)C2CCN(c3nc4cccnc4n(C)c3=O)CC2)c1OC. The summed E-state index contributed by atoms with van der Waals surface area (Å²) in [6.07, 6.45) is 2.95. The minimum atomic E-state index is -0.177. The van der Waals surface area contributed by atoms with Crippen LogP contribution >= 0.6 is 0 Å². The van der Waals surface area contributed by atoms with Gasteiger partial charge in [0.05, 0.1) is 14.2 Å². The number of anilines is 1. The third-order valence-electron chi connectivity index (χ3n) is 5.91. The quantitative estimate of drug-likeness (QED) is 0.629. The summed E-state index contributed by atoms with van der Waals surface area (Å²) < 4.78 is 12.3. The summed E-state index contributed by atoms with van der Waals surface area (Å²) >= 11 is 0. The summed E-state index contributed by atoms with van der Waals surface area (Å²) in [5.41, 5.74) is 1.92. The number of amides is 1. The molecule has 1 amide bonds. The van der Waals surface area contributed by atoms with E-state index in [1.54, 1.807) is 33.5 Å². The topological polar surface area (TPSA) is 98.6 Å². The van der Waals surface area contributed by atoms with Gasteiger partial charge in [-0.15, -0.1) is 0 Å². The first-order valence-electron chi connectivity index (χ1n) is 10.6. The van der Waals surface area contributed by atoms with Gasteiger partial charge < -0.3 is 19.7 Å². The predicted octanol–water partition coefficient (Wildman–Crippen LogP) is 1.88. The van der Waals surface area contributed by atoms with Crippen molar-refractivity contribution in [1.82, 2.24) is 19.9 Å². The number of nitrogens with zero attached hydrogens (tertiary/aromatic N) is 4. The molecule has 1 aromatic carbocycles. The number of aromatic nitrogens is 3. The average Bonchev–Trinajstić information content (AvgIpc) is 2.84. The molecule has 9 heteroatoms. The van der Waals surface area contributed by atoms with Gasteiger partial charge in [-0.3, -0.25) is 14.2 Å². The van der Waals surface area contributed by atoms with Gasteiger partial charge in [-0.25, -0.2) is 9.97 Å². The molecule has 1 fully saturated rings. The van der Waals surface area contributed by atoms with Crippen LogP contribution in [0.1, 0.15) is 18.4 Å². The van der Waals surface area contributed by atoms with Crippen LogP contribution < -0.4 is 25.2 Å². The Morgan fingerprint density at radius 1 is 1.16 bits per heavy atom. The van der Waals surface area contributed by atoms with Crippen LogP contribution in [-0.2, 0) is 18.4 Å². The molecule has 0 bridgehead atoms. The largest absolute Gasteiger partial charge is 0.493 e. The molecule has 0 atom stereocenters. The highest BCUT2D eigenvalue weighted by atomic mass is 16.5. The molecule has 3 heterocycles. The molecule has 0 radical (unpaired) electrons. The number of fused-ring (bicyclic) bond motifs is 1. The molecule has 0 saturated carbocycles. The van der Waals surface area contributed by atoms with Gasteiger partial charge in [0, 0.05) is 44.4 Å². The van der Waals surface area contributed by atoms with Crippen molar-refractivity contribution in [3.8, 4) is 11.5 Å². The fraction of sp³-hybridized carbons (Fsp3) is 0.391. The molecular formula is C23H27N5O4. The molecule has 0 spiro atoms. The number of rotatable bonds is 6. The van der Waals surface area contributed by atoms with Crippen LogP contribution in [-0.4, -0.2) is 47.8 Å². The monoisotopic (exact) mass is 437 g/mol. The second kappa shape index (κ2) is 9.25. The van der Waals surface area contributed by atoms with E-state index in [2.05, 4.69) is 15.3 Å². The van der Waals surface area contributed by atoms with E-state index in [1.165, 1.54) is 4.57 Å². The van der Waals surface area contributed by atoms with E-state index in [9.17, 15) is 9.59 Å². The number of aryl methyl sites for hydroxylation is 1. The molecule has 32 heavy (non-hydrogen) atoms. The Kier molecular flexibility index (Phi) is 6.25. The fourth-order valence-corrected chi connectivity index (χ4v) is 4.12. The summed E-state index contributed by atoms with van der Waals surface area (Å²) in [7, 11) is 4.87. The van der Waals surface area contributed by atoms with Crippen molar-refractivity contribution >= 4 is 22.9 Å². The highest BCUT2D eigenvalue weighted by Crippen LogP contribution is 2.30. The first kappa shape index (κ1) is 21.6. The second-order valence-electron chi connectivity index (χ2n) is 7.78. The lowest BCUT2D eigenvalue weighted by Gasteiger charge is -2.32. The smallest absolute Gasteiger partial charge is 0.294 e. The number of hydrogen-bond acceptors (Lipinski definition) is 7. The predicted molar refractivity (Wildman–Crippen MR) is 121 cm³/mol. The van der Waals surface area contributed by atoms with Crippen molar-refractivity contribution in [2.24, 2.45) is 13.0 Å². The van der Waals surface area contributed by atoms with Crippen LogP contribution in [0.5, 0.6) is 11.5 Å². The summed E-state index contributed by atoms with van der Waals surface area (Å²) in [4.78, 5) is 36.3. The van der Waals surface area contributed by atoms with Gasteiger partial charge in [0.2, 0.25) is 5.91 Å². The summed E-state index contributed by atoms with van der Waals surface area (Å²) in [5, 5.41) is 3.01. The normalized spacial score (nSPS) is 14.4. The van der Waals surface area contributed by atoms with E-state index in [0.717, 1.165) is 5.56 Å². The van der Waals surface area contributed by atoms with Gasteiger partial charge in [-0.1, -0.05) is 12.1 Å². The Bertz CT molecular complexity index is 1180. The minimum Gasteiger partial charge on any atom is -0.493 e. The van der Waals surface area contributed by atoms with Gasteiger partial charge in [-0.2, -0.15) is 0 Å². The average molecular weight is 438 g/mol. The van der Waals surface area contributed by atoms with E-state index in [0.29, 0.717) is 61.0 Å². The van der Waals surface area contributed by atoms with Gasteiger partial charge >= 0.3 is 0 Å². The molecule has 168 valence electrons. The number of piperidine rings is 1. The van der Waals surface area contributed by atoms with Crippen molar-refractivity contribution in [3.63, 3.8) is 0 Å². The maximum absolute atomic E-state index is 12.8. The Balaban J connectivity index is 1.40. The summed E-state index contributed by atoms with van der Waals surface area (Å²) in [5.74, 6) is 1.55. The molecular weight excluding hydrogens is 410 g/mol. The van der Waals surface area contributed by atoms with Crippen molar-refractivity contribution in [3.05, 3.63) is 52.4 Å². The molecule has 1 saturated heterocycles. The Morgan fingerprint density at radius 2 is 1.94 bits per heavy atom. The Morgan fingerprint density at radius 3 is 2.66 bits per heavy atom. The standard InChI is InChI=1S/C23H27N5O4/c1-27-20-17(7-5-11-24-20)26-21(23(27)30)28-12-9-15(10-13-28)22(29)25-14-16-6-4-8-18(31-2)19(16)32-3/h4-8,11,15H,9-10,12-14H2,1-3H3,(H,25,29).